The smallest absolute Gasteiger partial charge is 0.303 e. The Balaban J connectivity index is 3.40. The minimum Gasteiger partial charge on any atom is -0.481 e. The number of ether oxygens (including phenoxy) is 3. The summed E-state index contributed by atoms with van der Waals surface area (Å²) in [6.45, 7) is 6.80. The molecule has 0 unspecified atom stereocenters. The van der Waals surface area contributed by atoms with Gasteiger partial charge < -0.3 is 34.7 Å². The van der Waals surface area contributed by atoms with Crippen molar-refractivity contribution in [2.45, 2.75) is 149 Å². The molecule has 0 radical (unpaired) electrons. The van der Waals surface area contributed by atoms with Crippen molar-refractivity contribution in [2.75, 3.05) is 52.7 Å². The van der Waals surface area contributed by atoms with Gasteiger partial charge in [-0.15, -0.1) is 0 Å². The first-order valence-electron chi connectivity index (χ1n) is 19.1. The second-order valence-corrected chi connectivity index (χ2v) is 13.2. The lowest BCUT2D eigenvalue weighted by Crippen LogP contribution is -2.26. The molecule has 12 nitrogen and oxygen atoms in total. The van der Waals surface area contributed by atoms with Crippen LogP contribution in [0.3, 0.4) is 0 Å². The van der Waals surface area contributed by atoms with Crippen LogP contribution in [0.15, 0.2) is 0 Å². The van der Waals surface area contributed by atoms with Crippen molar-refractivity contribution in [1.29, 1.82) is 0 Å². The number of aliphatic carboxylic acids is 1. The van der Waals surface area contributed by atoms with E-state index < -0.39 is 11.9 Å². The fourth-order valence-electron chi connectivity index (χ4n) is 5.31. The number of amides is 2. The first-order valence-corrected chi connectivity index (χ1v) is 19.1. The second kappa shape index (κ2) is 34.7. The number of carbonyl (C=O) groups is 6. The van der Waals surface area contributed by atoms with Gasteiger partial charge >= 0.3 is 5.97 Å². The van der Waals surface area contributed by atoms with E-state index in [1.807, 2.05) is 0 Å². The number of hydrogen-bond acceptors (Lipinski definition) is 9. The van der Waals surface area contributed by atoms with Crippen molar-refractivity contribution in [2.24, 2.45) is 5.92 Å². The summed E-state index contributed by atoms with van der Waals surface area (Å²) in [6, 6.07) is 0. The SMILES string of the molecule is CC(=O)CC[C@H](CC(=O)CCC(=O)NCCCOCCOCCOCCCNC(=O)CCCCCCCCCCCCCCC(=O)O)C(C)=O. The third-order valence-corrected chi connectivity index (χ3v) is 8.39. The van der Waals surface area contributed by atoms with Gasteiger partial charge in [-0.3, -0.25) is 24.0 Å². The maximum atomic E-state index is 12.2. The minimum absolute atomic E-state index is 0.0104. The first-order chi connectivity index (χ1) is 24.1. The molecule has 0 aliphatic carbocycles. The number of unbranched alkanes of at least 4 members (excludes halogenated alkanes) is 11. The van der Waals surface area contributed by atoms with E-state index in [1.54, 1.807) is 0 Å². The molecule has 0 spiro atoms. The van der Waals surface area contributed by atoms with Crippen molar-refractivity contribution < 1.29 is 48.1 Å². The maximum Gasteiger partial charge on any atom is 0.303 e. The molecule has 0 bridgehead atoms. The lowest BCUT2D eigenvalue weighted by atomic mass is 9.91. The Kier molecular flexibility index (Phi) is 32.9. The average Bonchev–Trinajstić information content (AvgIpc) is 3.07. The Labute approximate surface area is 300 Å². The fourth-order valence-corrected chi connectivity index (χ4v) is 5.31. The summed E-state index contributed by atoms with van der Waals surface area (Å²) >= 11 is 0. The highest BCUT2D eigenvalue weighted by atomic mass is 16.5. The zero-order valence-corrected chi connectivity index (χ0v) is 31.2. The number of carboxylic acid groups (broad SMARTS) is 1. The van der Waals surface area contributed by atoms with Gasteiger partial charge in [-0.2, -0.15) is 0 Å². The van der Waals surface area contributed by atoms with Crippen molar-refractivity contribution in [3.63, 3.8) is 0 Å². The molecule has 0 heterocycles. The molecule has 290 valence electrons. The average molecular weight is 713 g/mol. The van der Waals surface area contributed by atoms with Crippen LogP contribution in [0, 0.1) is 5.92 Å². The predicted molar refractivity (Wildman–Crippen MR) is 193 cm³/mol. The van der Waals surface area contributed by atoms with E-state index in [2.05, 4.69) is 10.6 Å². The Morgan fingerprint density at radius 2 is 0.920 bits per heavy atom. The normalized spacial score (nSPS) is 11.6. The Bertz CT molecular complexity index is 927. The van der Waals surface area contributed by atoms with Crippen LogP contribution in [0.25, 0.3) is 0 Å². The molecule has 12 heteroatoms. The van der Waals surface area contributed by atoms with Crippen molar-refractivity contribution in [1.82, 2.24) is 10.6 Å². The van der Waals surface area contributed by atoms with Gasteiger partial charge in [-0.05, 0) is 46.0 Å². The van der Waals surface area contributed by atoms with Gasteiger partial charge in [0, 0.05) is 70.7 Å². The Morgan fingerprint density at radius 3 is 1.36 bits per heavy atom. The van der Waals surface area contributed by atoms with E-state index in [9.17, 15) is 28.8 Å². The van der Waals surface area contributed by atoms with Gasteiger partial charge in [0.1, 0.15) is 17.3 Å². The number of Topliss-reactive ketones (excluding diaryl/α,β-unsaturated/α-hetero) is 3. The van der Waals surface area contributed by atoms with E-state index in [1.165, 1.54) is 58.8 Å². The van der Waals surface area contributed by atoms with E-state index >= 15 is 0 Å². The lowest BCUT2D eigenvalue weighted by Gasteiger charge is -2.12. The molecule has 1 atom stereocenters. The summed E-state index contributed by atoms with van der Waals surface area (Å²) in [5, 5.41) is 14.3. The van der Waals surface area contributed by atoms with Gasteiger partial charge in [-0.25, -0.2) is 0 Å². The second-order valence-electron chi connectivity index (χ2n) is 13.2. The summed E-state index contributed by atoms with van der Waals surface area (Å²) < 4.78 is 16.5. The third kappa shape index (κ3) is 35.1. The van der Waals surface area contributed by atoms with Gasteiger partial charge in [0.15, 0.2) is 0 Å². The monoisotopic (exact) mass is 712 g/mol. The predicted octanol–water partition coefficient (Wildman–Crippen LogP) is 5.91. The van der Waals surface area contributed by atoms with Crippen LogP contribution in [-0.4, -0.2) is 93.0 Å². The van der Waals surface area contributed by atoms with Crippen LogP contribution in [0.2, 0.25) is 0 Å². The van der Waals surface area contributed by atoms with Crippen molar-refractivity contribution in [3.8, 4) is 0 Å². The largest absolute Gasteiger partial charge is 0.481 e. The molecule has 0 aliphatic heterocycles. The molecular formula is C38H68N2O10. The summed E-state index contributed by atoms with van der Waals surface area (Å²) in [5.74, 6) is -1.53. The van der Waals surface area contributed by atoms with Gasteiger partial charge in [0.25, 0.3) is 0 Å². The highest BCUT2D eigenvalue weighted by molar-refractivity contribution is 5.89. The highest BCUT2D eigenvalue weighted by Crippen LogP contribution is 2.16. The van der Waals surface area contributed by atoms with Crippen molar-refractivity contribution in [3.05, 3.63) is 0 Å². The van der Waals surface area contributed by atoms with E-state index in [0.29, 0.717) is 78.4 Å². The van der Waals surface area contributed by atoms with Crippen LogP contribution >= 0.6 is 0 Å². The zero-order valence-electron chi connectivity index (χ0n) is 31.2. The summed E-state index contributed by atoms with van der Waals surface area (Å²) in [5.41, 5.74) is 0. The molecule has 2 amide bonds. The number of hydrogen-bond donors (Lipinski definition) is 3. The van der Waals surface area contributed by atoms with E-state index in [-0.39, 0.29) is 54.8 Å². The fraction of sp³-hybridized carbons (Fsp3) is 0.842. The number of ketones is 3. The van der Waals surface area contributed by atoms with Crippen LogP contribution in [0.1, 0.15) is 149 Å². The summed E-state index contributed by atoms with van der Waals surface area (Å²) in [6.07, 6.45) is 16.7. The summed E-state index contributed by atoms with van der Waals surface area (Å²) in [7, 11) is 0. The molecule has 0 saturated carbocycles. The maximum absolute atomic E-state index is 12.2. The van der Waals surface area contributed by atoms with E-state index in [4.69, 9.17) is 19.3 Å². The number of carbonyl (C=O) groups excluding carboxylic acids is 5. The standard InChI is InChI=1S/C38H68N2O10/c1-32(41)19-20-34(33(2)42)31-35(43)21-22-37(45)40-24-16-26-49-28-30-50-29-27-48-25-15-23-39-36(44)17-13-11-9-7-5-3-4-6-8-10-12-14-18-38(46)47/h34H,3-31H2,1-2H3,(H,39,44)(H,40,45)(H,46,47)/t34-/m1/s1. The van der Waals surface area contributed by atoms with Crippen LogP contribution in [0.4, 0.5) is 0 Å². The summed E-state index contributed by atoms with van der Waals surface area (Å²) in [4.78, 5) is 69.5. The van der Waals surface area contributed by atoms with Crippen LogP contribution in [-0.2, 0) is 43.0 Å². The molecule has 0 fully saturated rings. The molecule has 0 aromatic rings. The zero-order chi connectivity index (χ0) is 37.1. The molecule has 0 saturated heterocycles. The van der Waals surface area contributed by atoms with E-state index in [0.717, 1.165) is 38.5 Å². The molecule has 0 aliphatic rings. The molecule has 3 N–H and O–H groups in total. The highest BCUT2D eigenvalue weighted by Gasteiger charge is 2.19. The molecule has 0 aromatic heterocycles. The van der Waals surface area contributed by atoms with Gasteiger partial charge in [-0.1, -0.05) is 64.2 Å². The quantitative estimate of drug-likeness (QED) is 0.0653. The molecule has 0 aromatic carbocycles. The van der Waals surface area contributed by atoms with Crippen LogP contribution < -0.4 is 10.6 Å². The third-order valence-electron chi connectivity index (χ3n) is 8.39. The number of nitrogens with one attached hydrogen (secondary N) is 2. The number of carboxylic acids is 1. The first kappa shape index (κ1) is 47.3. The topological polar surface area (TPSA) is 174 Å². The van der Waals surface area contributed by atoms with Crippen molar-refractivity contribution >= 4 is 35.1 Å². The molecule has 0 rings (SSSR count). The van der Waals surface area contributed by atoms with Gasteiger partial charge in [0.05, 0.1) is 26.4 Å². The lowest BCUT2D eigenvalue weighted by molar-refractivity contribution is -0.137. The van der Waals surface area contributed by atoms with Gasteiger partial charge in [0.2, 0.25) is 11.8 Å². The van der Waals surface area contributed by atoms with Crippen LogP contribution in [0.5, 0.6) is 0 Å². The Hall–Kier alpha value is -2.70. The Morgan fingerprint density at radius 1 is 0.500 bits per heavy atom. The number of rotatable bonds is 38. The molecule has 50 heavy (non-hydrogen) atoms. The molecular weight excluding hydrogens is 644 g/mol. The minimum atomic E-state index is -0.697.